The van der Waals surface area contributed by atoms with Gasteiger partial charge in [-0.05, 0) is 55.0 Å². The number of fused-ring (bicyclic) bond motifs is 1. The molecule has 4 rings (SSSR count). The molecule has 1 aromatic heterocycles. The zero-order valence-corrected chi connectivity index (χ0v) is 15.9. The van der Waals surface area contributed by atoms with Crippen LogP contribution in [0, 0.1) is 0 Å². The van der Waals surface area contributed by atoms with Crippen molar-refractivity contribution in [2.75, 3.05) is 16.4 Å². The van der Waals surface area contributed by atoms with E-state index in [4.69, 9.17) is 11.6 Å². The molecule has 2 aromatic carbocycles. The summed E-state index contributed by atoms with van der Waals surface area (Å²) in [6, 6.07) is 15.5. The Labute approximate surface area is 162 Å². The van der Waals surface area contributed by atoms with E-state index in [1.807, 2.05) is 30.3 Å². The number of carbonyl (C=O) groups excluding carboxylic acids is 1. The number of hydrogen-bond donors (Lipinski definition) is 0. The third kappa shape index (κ3) is 3.68. The van der Waals surface area contributed by atoms with Crippen LogP contribution in [0.15, 0.2) is 60.8 Å². The Morgan fingerprint density at radius 3 is 2.59 bits per heavy atom. The normalized spacial score (nSPS) is 18.5. The Balaban J connectivity index is 1.79. The van der Waals surface area contributed by atoms with E-state index in [1.54, 1.807) is 35.4 Å². The van der Waals surface area contributed by atoms with Crippen LogP contribution in [0.1, 0.15) is 16.8 Å². The fourth-order valence-electron chi connectivity index (χ4n) is 3.42. The number of benzene rings is 2. The van der Waals surface area contributed by atoms with E-state index in [0.717, 1.165) is 10.9 Å². The lowest BCUT2D eigenvalue weighted by Crippen LogP contribution is -2.41. The van der Waals surface area contributed by atoms with Crippen LogP contribution in [0.5, 0.6) is 0 Å². The van der Waals surface area contributed by atoms with Crippen LogP contribution >= 0.6 is 11.6 Å². The van der Waals surface area contributed by atoms with Crippen LogP contribution in [0.25, 0.3) is 10.9 Å². The standard InChI is InChI=1S/C20H17ClN2O3S/c21-16-5-3-14(4-6-16)20(24)23(18-9-11-27(25,26)13-18)17-7-8-19-15(12-17)2-1-10-22-19/h1-8,10,12,18H,9,11,13H2. The van der Waals surface area contributed by atoms with Crippen LogP contribution in [-0.2, 0) is 9.84 Å². The van der Waals surface area contributed by atoms with Crippen LogP contribution in [0.2, 0.25) is 5.02 Å². The predicted molar refractivity (Wildman–Crippen MR) is 107 cm³/mol. The molecular weight excluding hydrogens is 384 g/mol. The van der Waals surface area contributed by atoms with Gasteiger partial charge in [-0.15, -0.1) is 0 Å². The Bertz CT molecular complexity index is 1110. The molecule has 5 nitrogen and oxygen atoms in total. The second kappa shape index (κ2) is 6.94. The highest BCUT2D eigenvalue weighted by Gasteiger charge is 2.36. The molecule has 7 heteroatoms. The highest BCUT2D eigenvalue weighted by molar-refractivity contribution is 7.91. The largest absolute Gasteiger partial charge is 0.304 e. The van der Waals surface area contributed by atoms with E-state index >= 15 is 0 Å². The van der Waals surface area contributed by atoms with Crippen molar-refractivity contribution in [2.45, 2.75) is 12.5 Å². The van der Waals surface area contributed by atoms with Crippen LogP contribution in [0.4, 0.5) is 5.69 Å². The summed E-state index contributed by atoms with van der Waals surface area (Å²) in [6.07, 6.45) is 2.13. The second-order valence-corrected chi connectivity index (χ2v) is 9.28. The molecule has 1 amide bonds. The monoisotopic (exact) mass is 400 g/mol. The number of pyridine rings is 1. The number of sulfone groups is 1. The molecule has 1 aliphatic heterocycles. The van der Waals surface area contributed by atoms with Gasteiger partial charge in [0.1, 0.15) is 0 Å². The number of halogens is 1. The van der Waals surface area contributed by atoms with Gasteiger partial charge < -0.3 is 4.90 Å². The Kier molecular flexibility index (Phi) is 4.61. The van der Waals surface area contributed by atoms with Crippen LogP contribution < -0.4 is 4.90 Å². The van der Waals surface area contributed by atoms with Gasteiger partial charge in [0.15, 0.2) is 9.84 Å². The topological polar surface area (TPSA) is 67.3 Å². The molecule has 1 fully saturated rings. The highest BCUT2D eigenvalue weighted by atomic mass is 35.5. The summed E-state index contributed by atoms with van der Waals surface area (Å²) in [5.74, 6) is -0.175. The maximum absolute atomic E-state index is 13.3. The van der Waals surface area contributed by atoms with Gasteiger partial charge in [0, 0.05) is 27.9 Å². The van der Waals surface area contributed by atoms with E-state index in [1.165, 1.54) is 0 Å². The van der Waals surface area contributed by atoms with Gasteiger partial charge in [-0.25, -0.2) is 8.42 Å². The number of aromatic nitrogens is 1. The lowest BCUT2D eigenvalue weighted by molar-refractivity contribution is 0.0979. The summed E-state index contributed by atoms with van der Waals surface area (Å²) in [5.41, 5.74) is 1.95. The van der Waals surface area contributed by atoms with Crippen molar-refractivity contribution in [1.82, 2.24) is 4.98 Å². The Hall–Kier alpha value is -2.44. The first-order chi connectivity index (χ1) is 12.9. The molecule has 1 unspecified atom stereocenters. The molecule has 0 aliphatic carbocycles. The fraction of sp³-hybridized carbons (Fsp3) is 0.200. The average Bonchev–Trinajstić information content (AvgIpc) is 3.01. The molecule has 0 bridgehead atoms. The SMILES string of the molecule is O=C(c1ccc(Cl)cc1)N(c1ccc2ncccc2c1)C1CCS(=O)(=O)C1. The minimum atomic E-state index is -3.14. The Morgan fingerprint density at radius 2 is 1.89 bits per heavy atom. The van der Waals surface area contributed by atoms with E-state index < -0.39 is 15.9 Å². The van der Waals surface area contributed by atoms with E-state index in [2.05, 4.69) is 4.98 Å². The van der Waals surface area contributed by atoms with E-state index in [0.29, 0.717) is 22.7 Å². The number of nitrogens with zero attached hydrogens (tertiary/aromatic N) is 2. The summed E-state index contributed by atoms with van der Waals surface area (Å²) in [5, 5.41) is 1.43. The molecule has 0 N–H and O–H groups in total. The van der Waals surface area contributed by atoms with Gasteiger partial charge in [0.05, 0.1) is 23.1 Å². The quantitative estimate of drug-likeness (QED) is 0.672. The average molecular weight is 401 g/mol. The molecule has 1 aliphatic rings. The molecule has 1 saturated heterocycles. The first-order valence-electron chi connectivity index (χ1n) is 8.57. The highest BCUT2D eigenvalue weighted by Crippen LogP contribution is 2.29. The smallest absolute Gasteiger partial charge is 0.258 e. The van der Waals surface area contributed by atoms with Crippen LogP contribution in [0.3, 0.4) is 0 Å². The van der Waals surface area contributed by atoms with Crippen molar-refractivity contribution < 1.29 is 13.2 Å². The molecule has 0 saturated carbocycles. The summed E-state index contributed by atoms with van der Waals surface area (Å²) < 4.78 is 24.1. The summed E-state index contributed by atoms with van der Waals surface area (Å²) >= 11 is 5.93. The molecular formula is C20H17ClN2O3S. The third-order valence-corrected chi connectivity index (χ3v) is 6.75. The van der Waals surface area contributed by atoms with Crippen molar-refractivity contribution in [3.05, 3.63) is 71.4 Å². The molecule has 27 heavy (non-hydrogen) atoms. The maximum atomic E-state index is 13.3. The second-order valence-electron chi connectivity index (χ2n) is 6.62. The number of hydrogen-bond acceptors (Lipinski definition) is 4. The lowest BCUT2D eigenvalue weighted by atomic mass is 10.1. The third-order valence-electron chi connectivity index (χ3n) is 4.75. The van der Waals surface area contributed by atoms with Gasteiger partial charge in [-0.2, -0.15) is 0 Å². The molecule has 2 heterocycles. The first-order valence-corrected chi connectivity index (χ1v) is 10.8. The number of carbonyl (C=O) groups is 1. The molecule has 0 radical (unpaired) electrons. The zero-order valence-electron chi connectivity index (χ0n) is 14.4. The number of rotatable bonds is 3. The zero-order chi connectivity index (χ0) is 19.0. The van der Waals surface area contributed by atoms with Crippen molar-refractivity contribution in [3.8, 4) is 0 Å². The van der Waals surface area contributed by atoms with Crippen LogP contribution in [-0.4, -0.2) is 36.9 Å². The molecule has 0 spiro atoms. The Morgan fingerprint density at radius 1 is 1.11 bits per heavy atom. The predicted octanol–water partition coefficient (Wildman–Crippen LogP) is 3.72. The van der Waals surface area contributed by atoms with Gasteiger partial charge in [-0.1, -0.05) is 17.7 Å². The minimum absolute atomic E-state index is 0.0304. The van der Waals surface area contributed by atoms with Gasteiger partial charge in [0.2, 0.25) is 0 Å². The van der Waals surface area contributed by atoms with Crippen molar-refractivity contribution in [1.29, 1.82) is 0 Å². The number of anilines is 1. The van der Waals surface area contributed by atoms with Gasteiger partial charge >= 0.3 is 0 Å². The van der Waals surface area contributed by atoms with Crippen molar-refractivity contribution in [3.63, 3.8) is 0 Å². The summed E-state index contributed by atoms with van der Waals surface area (Å²) in [6.45, 7) is 0. The van der Waals surface area contributed by atoms with Crippen molar-refractivity contribution in [2.24, 2.45) is 0 Å². The summed E-state index contributed by atoms with van der Waals surface area (Å²) in [7, 11) is -3.14. The first kappa shape index (κ1) is 17.9. The summed E-state index contributed by atoms with van der Waals surface area (Å²) in [4.78, 5) is 19.2. The van der Waals surface area contributed by atoms with E-state index in [-0.39, 0.29) is 17.4 Å². The van der Waals surface area contributed by atoms with E-state index in [9.17, 15) is 13.2 Å². The molecule has 1 atom stereocenters. The maximum Gasteiger partial charge on any atom is 0.258 e. The van der Waals surface area contributed by atoms with Gasteiger partial charge in [-0.3, -0.25) is 9.78 Å². The lowest BCUT2D eigenvalue weighted by Gasteiger charge is -2.29. The number of amides is 1. The fourth-order valence-corrected chi connectivity index (χ4v) is 5.24. The van der Waals surface area contributed by atoms with Gasteiger partial charge in [0.25, 0.3) is 5.91 Å². The molecule has 3 aromatic rings. The van der Waals surface area contributed by atoms with Crippen molar-refractivity contribution >= 4 is 43.9 Å². The minimum Gasteiger partial charge on any atom is -0.304 e. The molecule has 138 valence electrons.